The first kappa shape index (κ1) is 15.4. The van der Waals surface area contributed by atoms with E-state index < -0.39 is 5.54 Å². The SMILES string of the molecule is CN(CC(=O)N[C@](C)(C#N)C1CC1)c1ccc2ccccc2c1. The minimum atomic E-state index is -0.735. The normalized spacial score (nSPS) is 16.4. The van der Waals surface area contributed by atoms with Gasteiger partial charge in [-0.25, -0.2) is 0 Å². The second-order valence-corrected chi connectivity index (χ2v) is 6.52. The summed E-state index contributed by atoms with van der Waals surface area (Å²) < 4.78 is 0. The fraction of sp³-hybridized carbons (Fsp3) is 0.368. The number of hydrogen-bond acceptors (Lipinski definition) is 3. The number of hydrogen-bond donors (Lipinski definition) is 1. The van der Waals surface area contributed by atoms with E-state index in [2.05, 4.69) is 35.7 Å². The van der Waals surface area contributed by atoms with Crippen LogP contribution < -0.4 is 10.2 Å². The first-order chi connectivity index (χ1) is 11.0. The molecular formula is C19H21N3O. The summed E-state index contributed by atoms with van der Waals surface area (Å²) in [4.78, 5) is 14.2. The van der Waals surface area contributed by atoms with Gasteiger partial charge in [0.15, 0.2) is 0 Å². The molecule has 0 heterocycles. The maximum Gasteiger partial charge on any atom is 0.240 e. The molecule has 2 aromatic rings. The van der Waals surface area contributed by atoms with Crippen molar-refractivity contribution < 1.29 is 4.79 Å². The van der Waals surface area contributed by atoms with Crippen molar-refractivity contribution in [3.05, 3.63) is 42.5 Å². The van der Waals surface area contributed by atoms with Crippen molar-refractivity contribution in [3.63, 3.8) is 0 Å². The summed E-state index contributed by atoms with van der Waals surface area (Å²) in [7, 11) is 1.89. The molecule has 1 saturated carbocycles. The van der Waals surface area contributed by atoms with E-state index in [-0.39, 0.29) is 12.5 Å². The van der Waals surface area contributed by atoms with Crippen LogP contribution in [-0.2, 0) is 4.79 Å². The van der Waals surface area contributed by atoms with E-state index in [1.165, 1.54) is 5.39 Å². The molecule has 1 N–H and O–H groups in total. The van der Waals surface area contributed by atoms with Gasteiger partial charge in [0.25, 0.3) is 0 Å². The fourth-order valence-corrected chi connectivity index (χ4v) is 2.93. The van der Waals surface area contributed by atoms with Crippen molar-refractivity contribution in [2.24, 2.45) is 5.92 Å². The highest BCUT2D eigenvalue weighted by molar-refractivity contribution is 5.87. The van der Waals surface area contributed by atoms with E-state index in [1.807, 2.05) is 37.1 Å². The van der Waals surface area contributed by atoms with Crippen LogP contribution in [0.5, 0.6) is 0 Å². The number of carbonyl (C=O) groups excluding carboxylic acids is 1. The lowest BCUT2D eigenvalue weighted by Gasteiger charge is -2.25. The standard InChI is InChI=1S/C19H21N3O/c1-19(13-20,16-8-9-16)21-18(23)12-22(2)17-10-7-14-5-3-4-6-15(14)11-17/h3-7,10-11,16H,8-9,12H2,1-2H3,(H,21,23)/t19-/m1/s1. The molecule has 0 aromatic heterocycles. The Morgan fingerprint density at radius 1 is 1.30 bits per heavy atom. The first-order valence-corrected chi connectivity index (χ1v) is 7.94. The quantitative estimate of drug-likeness (QED) is 0.923. The average Bonchev–Trinajstić information content (AvgIpc) is 3.39. The summed E-state index contributed by atoms with van der Waals surface area (Å²) in [6.07, 6.45) is 2.04. The zero-order valence-electron chi connectivity index (χ0n) is 13.5. The predicted molar refractivity (Wildman–Crippen MR) is 92.1 cm³/mol. The Morgan fingerprint density at radius 3 is 2.65 bits per heavy atom. The molecule has 1 amide bonds. The van der Waals surface area contributed by atoms with E-state index in [0.717, 1.165) is 23.9 Å². The Morgan fingerprint density at radius 2 is 2.00 bits per heavy atom. The smallest absolute Gasteiger partial charge is 0.240 e. The van der Waals surface area contributed by atoms with E-state index in [1.54, 1.807) is 0 Å². The van der Waals surface area contributed by atoms with Gasteiger partial charge in [0.05, 0.1) is 12.6 Å². The molecule has 1 fully saturated rings. The van der Waals surface area contributed by atoms with Crippen LogP contribution in [-0.4, -0.2) is 25.0 Å². The van der Waals surface area contributed by atoms with Gasteiger partial charge < -0.3 is 10.2 Å². The molecule has 1 aliphatic rings. The van der Waals surface area contributed by atoms with Gasteiger partial charge in [0.1, 0.15) is 5.54 Å². The number of benzene rings is 2. The lowest BCUT2D eigenvalue weighted by Crippen LogP contribution is -2.49. The van der Waals surface area contributed by atoms with Crippen molar-refractivity contribution in [1.82, 2.24) is 5.32 Å². The molecule has 0 unspecified atom stereocenters. The lowest BCUT2D eigenvalue weighted by molar-refractivity contribution is -0.121. The summed E-state index contributed by atoms with van der Waals surface area (Å²) in [5.41, 5.74) is 0.255. The molecular weight excluding hydrogens is 286 g/mol. The monoisotopic (exact) mass is 307 g/mol. The van der Waals surface area contributed by atoms with Gasteiger partial charge in [0.2, 0.25) is 5.91 Å². The molecule has 2 aromatic carbocycles. The highest BCUT2D eigenvalue weighted by atomic mass is 16.2. The number of carbonyl (C=O) groups is 1. The fourth-order valence-electron chi connectivity index (χ4n) is 2.93. The Hall–Kier alpha value is -2.54. The molecule has 0 bridgehead atoms. The van der Waals surface area contributed by atoms with Crippen LogP contribution in [0.3, 0.4) is 0 Å². The van der Waals surface area contributed by atoms with Gasteiger partial charge >= 0.3 is 0 Å². The Labute approximate surface area is 136 Å². The minimum Gasteiger partial charge on any atom is -0.365 e. The molecule has 23 heavy (non-hydrogen) atoms. The summed E-state index contributed by atoms with van der Waals surface area (Å²) in [6, 6.07) is 16.6. The second kappa shape index (κ2) is 5.92. The van der Waals surface area contributed by atoms with Gasteiger partial charge in [0, 0.05) is 12.7 Å². The number of nitrogens with one attached hydrogen (secondary N) is 1. The molecule has 3 rings (SSSR count). The van der Waals surface area contributed by atoms with Crippen molar-refractivity contribution in [3.8, 4) is 6.07 Å². The van der Waals surface area contributed by atoms with E-state index in [4.69, 9.17) is 0 Å². The van der Waals surface area contributed by atoms with Crippen LogP contribution in [0.1, 0.15) is 19.8 Å². The number of anilines is 1. The number of likely N-dealkylation sites (N-methyl/N-ethyl adjacent to an activating group) is 1. The van der Waals surface area contributed by atoms with E-state index in [0.29, 0.717) is 5.92 Å². The largest absolute Gasteiger partial charge is 0.365 e. The van der Waals surface area contributed by atoms with Crippen molar-refractivity contribution >= 4 is 22.4 Å². The third-order valence-corrected chi connectivity index (χ3v) is 4.58. The molecule has 0 spiro atoms. The average molecular weight is 307 g/mol. The third kappa shape index (κ3) is 3.29. The van der Waals surface area contributed by atoms with Crippen LogP contribution in [0, 0.1) is 17.2 Å². The maximum absolute atomic E-state index is 12.3. The van der Waals surface area contributed by atoms with Crippen LogP contribution in [0.25, 0.3) is 10.8 Å². The Bertz CT molecular complexity index is 776. The van der Waals surface area contributed by atoms with Gasteiger partial charge in [-0.15, -0.1) is 0 Å². The van der Waals surface area contributed by atoms with Gasteiger partial charge in [-0.05, 0) is 48.6 Å². The van der Waals surface area contributed by atoms with Gasteiger partial charge in [-0.1, -0.05) is 30.3 Å². The zero-order valence-corrected chi connectivity index (χ0v) is 13.5. The highest BCUT2D eigenvalue weighted by Gasteiger charge is 2.43. The molecule has 0 radical (unpaired) electrons. The molecule has 118 valence electrons. The maximum atomic E-state index is 12.3. The summed E-state index contributed by atoms with van der Waals surface area (Å²) >= 11 is 0. The summed E-state index contributed by atoms with van der Waals surface area (Å²) in [6.45, 7) is 2.06. The van der Waals surface area contributed by atoms with Gasteiger partial charge in [-0.3, -0.25) is 4.79 Å². The third-order valence-electron chi connectivity index (χ3n) is 4.58. The Balaban J connectivity index is 1.69. The van der Waals surface area contributed by atoms with Crippen LogP contribution in [0.15, 0.2) is 42.5 Å². The van der Waals surface area contributed by atoms with E-state index >= 15 is 0 Å². The molecule has 1 atom stereocenters. The van der Waals surface area contributed by atoms with Crippen molar-refractivity contribution in [2.75, 3.05) is 18.5 Å². The molecule has 1 aliphatic carbocycles. The Kier molecular flexibility index (Phi) is 3.96. The number of nitrogens with zero attached hydrogens (tertiary/aromatic N) is 2. The summed E-state index contributed by atoms with van der Waals surface area (Å²) in [5.74, 6) is 0.180. The lowest BCUT2D eigenvalue weighted by atomic mass is 9.98. The van der Waals surface area contributed by atoms with Crippen molar-refractivity contribution in [2.45, 2.75) is 25.3 Å². The number of rotatable bonds is 5. The highest BCUT2D eigenvalue weighted by Crippen LogP contribution is 2.39. The van der Waals surface area contributed by atoms with Gasteiger partial charge in [-0.2, -0.15) is 5.26 Å². The van der Waals surface area contributed by atoms with Crippen LogP contribution >= 0.6 is 0 Å². The predicted octanol–water partition coefficient (Wildman–Crippen LogP) is 3.08. The number of nitriles is 1. The first-order valence-electron chi connectivity index (χ1n) is 7.94. The van der Waals surface area contributed by atoms with Crippen LogP contribution in [0.4, 0.5) is 5.69 Å². The number of fused-ring (bicyclic) bond motifs is 1. The molecule has 4 heteroatoms. The molecule has 0 saturated heterocycles. The van der Waals surface area contributed by atoms with Crippen molar-refractivity contribution in [1.29, 1.82) is 5.26 Å². The van der Waals surface area contributed by atoms with E-state index in [9.17, 15) is 10.1 Å². The molecule has 4 nitrogen and oxygen atoms in total. The zero-order chi connectivity index (χ0) is 16.4. The number of amides is 1. The topological polar surface area (TPSA) is 56.1 Å². The van der Waals surface area contributed by atoms with Crippen LogP contribution in [0.2, 0.25) is 0 Å². The summed E-state index contributed by atoms with van der Waals surface area (Å²) in [5, 5.41) is 14.6. The second-order valence-electron chi connectivity index (χ2n) is 6.52. The minimum absolute atomic E-state index is 0.114. The molecule has 0 aliphatic heterocycles.